The Balaban J connectivity index is 2.21. The van der Waals surface area contributed by atoms with Crippen LogP contribution in [0.3, 0.4) is 0 Å². The quantitative estimate of drug-likeness (QED) is 0.855. The van der Waals surface area contributed by atoms with E-state index in [9.17, 15) is 4.79 Å². The fraction of sp³-hybridized carbons (Fsp3) is 0.308. The number of aromatic nitrogens is 3. The summed E-state index contributed by atoms with van der Waals surface area (Å²) in [5.74, 6) is 0.176. The molecular formula is C13H15N3O3. The summed E-state index contributed by atoms with van der Waals surface area (Å²) in [4.78, 5) is 11.6. The van der Waals surface area contributed by atoms with Gasteiger partial charge in [-0.15, -0.1) is 0 Å². The van der Waals surface area contributed by atoms with Crippen LogP contribution in [-0.2, 0) is 4.74 Å². The van der Waals surface area contributed by atoms with Gasteiger partial charge in [-0.2, -0.15) is 0 Å². The average molecular weight is 261 g/mol. The fourth-order valence-electron chi connectivity index (χ4n) is 1.51. The highest BCUT2D eigenvalue weighted by Crippen LogP contribution is 2.24. The van der Waals surface area contributed by atoms with Crippen molar-refractivity contribution in [1.29, 1.82) is 0 Å². The Bertz CT molecular complexity index is 593. The number of carbonyl (C=O) groups is 1. The summed E-state index contributed by atoms with van der Waals surface area (Å²) in [7, 11) is 0. The Morgan fingerprint density at radius 2 is 2.11 bits per heavy atom. The number of ether oxygens (including phenoxy) is 2. The number of hydrogen-bond acceptors (Lipinski definition) is 5. The van der Waals surface area contributed by atoms with E-state index < -0.39 is 5.97 Å². The number of H-pyrrole nitrogens is 1. The molecule has 0 amide bonds. The van der Waals surface area contributed by atoms with Crippen molar-refractivity contribution >= 4 is 5.97 Å². The average Bonchev–Trinajstić information content (AvgIpc) is 2.82. The predicted molar refractivity (Wildman–Crippen MR) is 68.3 cm³/mol. The maximum absolute atomic E-state index is 11.6. The predicted octanol–water partition coefficient (Wildman–Crippen LogP) is 2.39. The van der Waals surface area contributed by atoms with E-state index in [4.69, 9.17) is 9.47 Å². The van der Waals surface area contributed by atoms with Gasteiger partial charge in [-0.05, 0) is 44.0 Å². The molecule has 0 saturated carbocycles. The highest BCUT2D eigenvalue weighted by molar-refractivity contribution is 5.89. The molecule has 6 heteroatoms. The molecule has 0 aliphatic heterocycles. The maximum Gasteiger partial charge on any atom is 0.362 e. The third-order valence-electron chi connectivity index (χ3n) is 2.69. The normalized spacial score (nSPS) is 10.3. The number of nitrogens with zero attached hydrogens (tertiary/aromatic N) is 2. The van der Waals surface area contributed by atoms with Crippen molar-refractivity contribution in [2.45, 2.75) is 20.8 Å². The Hall–Kier alpha value is -2.37. The molecule has 2 aromatic rings. The first-order valence-corrected chi connectivity index (χ1v) is 5.95. The second kappa shape index (κ2) is 5.51. The lowest BCUT2D eigenvalue weighted by molar-refractivity contribution is 0.0516. The summed E-state index contributed by atoms with van der Waals surface area (Å²) in [6.07, 6.45) is 0. The minimum Gasteiger partial charge on any atom is -0.461 e. The number of nitrogens with one attached hydrogen (secondary N) is 1. The van der Waals surface area contributed by atoms with Gasteiger partial charge in [-0.25, -0.2) is 9.89 Å². The summed E-state index contributed by atoms with van der Waals surface area (Å²) in [6, 6.07) is 5.62. The van der Waals surface area contributed by atoms with Gasteiger partial charge in [0.15, 0.2) is 0 Å². The second-order valence-electron chi connectivity index (χ2n) is 4.06. The monoisotopic (exact) mass is 261 g/mol. The number of aryl methyl sites for hydroxylation is 2. The lowest BCUT2D eigenvalue weighted by Gasteiger charge is -2.06. The zero-order valence-electron chi connectivity index (χ0n) is 11.1. The Kier molecular flexibility index (Phi) is 3.79. The topological polar surface area (TPSA) is 77.1 Å². The molecule has 1 aromatic carbocycles. The van der Waals surface area contributed by atoms with Crippen molar-refractivity contribution in [2.24, 2.45) is 0 Å². The third-order valence-corrected chi connectivity index (χ3v) is 2.69. The molecule has 0 bridgehead atoms. The molecule has 1 N–H and O–H groups in total. The minimum absolute atomic E-state index is 0.111. The van der Waals surface area contributed by atoms with Gasteiger partial charge in [0.2, 0.25) is 5.69 Å². The van der Waals surface area contributed by atoms with Crippen molar-refractivity contribution in [1.82, 2.24) is 15.4 Å². The third kappa shape index (κ3) is 2.90. The summed E-state index contributed by atoms with van der Waals surface area (Å²) in [5.41, 5.74) is 2.37. The van der Waals surface area contributed by atoms with Gasteiger partial charge >= 0.3 is 5.97 Å². The SMILES string of the molecule is CCOC(=O)c1[nH]nnc1Oc1ccc(C)c(C)c1. The van der Waals surface area contributed by atoms with E-state index in [0.717, 1.165) is 11.1 Å². The number of rotatable bonds is 4. The highest BCUT2D eigenvalue weighted by Gasteiger charge is 2.18. The standard InChI is InChI=1S/C13H15N3O3/c1-4-18-13(17)11-12(15-16-14-11)19-10-6-5-8(2)9(3)7-10/h5-7H,4H2,1-3H3,(H,14,15,16). The van der Waals surface area contributed by atoms with E-state index in [1.165, 1.54) is 0 Å². The Morgan fingerprint density at radius 1 is 1.32 bits per heavy atom. The summed E-state index contributed by atoms with van der Waals surface area (Å²) in [6.45, 7) is 6.00. The van der Waals surface area contributed by atoms with E-state index >= 15 is 0 Å². The molecule has 0 saturated heterocycles. The van der Waals surface area contributed by atoms with Crippen molar-refractivity contribution < 1.29 is 14.3 Å². The number of benzene rings is 1. The van der Waals surface area contributed by atoms with E-state index in [1.807, 2.05) is 32.0 Å². The smallest absolute Gasteiger partial charge is 0.362 e. The molecule has 0 fully saturated rings. The molecule has 0 unspecified atom stereocenters. The van der Waals surface area contributed by atoms with Crippen molar-refractivity contribution in [3.8, 4) is 11.6 Å². The zero-order valence-corrected chi connectivity index (χ0v) is 11.1. The summed E-state index contributed by atoms with van der Waals surface area (Å²) >= 11 is 0. The van der Waals surface area contributed by atoms with Crippen LogP contribution in [0.15, 0.2) is 18.2 Å². The molecule has 100 valence electrons. The molecule has 0 radical (unpaired) electrons. The first-order chi connectivity index (χ1) is 9.11. The van der Waals surface area contributed by atoms with Gasteiger partial charge in [0.25, 0.3) is 5.88 Å². The first kappa shape index (κ1) is 13.1. The van der Waals surface area contributed by atoms with Crippen LogP contribution in [0.25, 0.3) is 0 Å². The van der Waals surface area contributed by atoms with Crippen LogP contribution < -0.4 is 4.74 Å². The zero-order chi connectivity index (χ0) is 13.8. The highest BCUT2D eigenvalue weighted by atomic mass is 16.5. The minimum atomic E-state index is -0.536. The summed E-state index contributed by atoms with van der Waals surface area (Å²) < 4.78 is 10.4. The van der Waals surface area contributed by atoms with E-state index in [0.29, 0.717) is 5.75 Å². The largest absolute Gasteiger partial charge is 0.461 e. The molecule has 0 aliphatic carbocycles. The van der Waals surface area contributed by atoms with E-state index in [1.54, 1.807) is 6.92 Å². The van der Waals surface area contributed by atoms with Crippen LogP contribution in [0, 0.1) is 13.8 Å². The van der Waals surface area contributed by atoms with Gasteiger partial charge in [0.1, 0.15) is 5.75 Å². The Labute approximate surface area is 110 Å². The Morgan fingerprint density at radius 3 is 2.79 bits per heavy atom. The molecule has 0 aliphatic rings. The molecule has 1 aromatic heterocycles. The van der Waals surface area contributed by atoms with E-state index in [-0.39, 0.29) is 18.2 Å². The molecule has 0 atom stereocenters. The van der Waals surface area contributed by atoms with Crippen LogP contribution in [0.2, 0.25) is 0 Å². The lowest BCUT2D eigenvalue weighted by Crippen LogP contribution is -2.06. The van der Waals surface area contributed by atoms with Crippen LogP contribution in [0.1, 0.15) is 28.5 Å². The lowest BCUT2D eigenvalue weighted by atomic mass is 10.1. The van der Waals surface area contributed by atoms with E-state index in [2.05, 4.69) is 15.4 Å². The van der Waals surface area contributed by atoms with Gasteiger partial charge in [-0.3, -0.25) is 0 Å². The van der Waals surface area contributed by atoms with Crippen molar-refractivity contribution in [2.75, 3.05) is 6.61 Å². The second-order valence-corrected chi connectivity index (χ2v) is 4.06. The first-order valence-electron chi connectivity index (χ1n) is 5.95. The van der Waals surface area contributed by atoms with Crippen LogP contribution in [0.5, 0.6) is 11.6 Å². The van der Waals surface area contributed by atoms with Crippen LogP contribution in [0.4, 0.5) is 0 Å². The van der Waals surface area contributed by atoms with Crippen LogP contribution >= 0.6 is 0 Å². The van der Waals surface area contributed by atoms with Crippen molar-refractivity contribution in [3.63, 3.8) is 0 Å². The molecule has 0 spiro atoms. The molecule has 1 heterocycles. The molecular weight excluding hydrogens is 246 g/mol. The van der Waals surface area contributed by atoms with Crippen LogP contribution in [-0.4, -0.2) is 28.0 Å². The molecule has 19 heavy (non-hydrogen) atoms. The number of hydrogen-bond donors (Lipinski definition) is 1. The molecule has 6 nitrogen and oxygen atoms in total. The molecule has 2 rings (SSSR count). The number of esters is 1. The summed E-state index contributed by atoms with van der Waals surface area (Å²) in [5, 5.41) is 9.77. The number of aromatic amines is 1. The van der Waals surface area contributed by atoms with Gasteiger partial charge in [-0.1, -0.05) is 16.4 Å². The van der Waals surface area contributed by atoms with Gasteiger partial charge in [0.05, 0.1) is 6.61 Å². The van der Waals surface area contributed by atoms with Gasteiger partial charge in [0, 0.05) is 0 Å². The number of carbonyl (C=O) groups excluding carboxylic acids is 1. The van der Waals surface area contributed by atoms with Gasteiger partial charge < -0.3 is 9.47 Å². The van der Waals surface area contributed by atoms with Crippen molar-refractivity contribution in [3.05, 3.63) is 35.0 Å². The fourth-order valence-corrected chi connectivity index (χ4v) is 1.51. The maximum atomic E-state index is 11.6.